The molecule has 2 rings (SSSR count). The van der Waals surface area contributed by atoms with Gasteiger partial charge in [0.05, 0.1) is 0 Å². The monoisotopic (exact) mass is 343 g/mol. The van der Waals surface area contributed by atoms with Gasteiger partial charge in [0.15, 0.2) is 0 Å². The molecule has 1 unspecified atom stereocenters. The molecule has 8 heteroatoms. The molecule has 5 nitrogen and oxygen atoms in total. The van der Waals surface area contributed by atoms with E-state index in [-0.39, 0.29) is 13.0 Å². The van der Waals surface area contributed by atoms with Gasteiger partial charge in [-0.25, -0.2) is 0 Å². The van der Waals surface area contributed by atoms with Crippen LogP contribution in [-0.4, -0.2) is 58.5 Å². The van der Waals surface area contributed by atoms with Crippen molar-refractivity contribution in [2.75, 3.05) is 19.6 Å². The highest BCUT2D eigenvalue weighted by Crippen LogP contribution is 2.26. The van der Waals surface area contributed by atoms with Crippen molar-refractivity contribution < 1.29 is 22.8 Å². The van der Waals surface area contributed by atoms with E-state index in [0.717, 1.165) is 5.56 Å². The highest BCUT2D eigenvalue weighted by atomic mass is 19.4. The van der Waals surface area contributed by atoms with Crippen LogP contribution < -0.4 is 0 Å². The quantitative estimate of drug-likeness (QED) is 0.822. The summed E-state index contributed by atoms with van der Waals surface area (Å²) >= 11 is 0. The number of carbonyl (C=O) groups excluding carboxylic acids is 2. The lowest BCUT2D eigenvalue weighted by molar-refractivity contribution is -0.187. The molecule has 132 valence electrons. The Balaban J connectivity index is 2.03. The lowest BCUT2D eigenvalue weighted by Gasteiger charge is -2.30. The lowest BCUT2D eigenvalue weighted by Crippen LogP contribution is -2.51. The molecule has 1 aromatic rings. The Kier molecular flexibility index (Phi) is 5.80. The number of nitrogens with zero attached hydrogens (tertiary/aromatic N) is 3. The van der Waals surface area contributed by atoms with Crippen LogP contribution in [0.1, 0.15) is 25.3 Å². The predicted molar refractivity (Wildman–Crippen MR) is 81.0 cm³/mol. The minimum atomic E-state index is -4.95. The number of hydrogen-bond acceptors (Lipinski definition) is 3. The van der Waals surface area contributed by atoms with Crippen LogP contribution in [0.15, 0.2) is 24.5 Å². The molecule has 1 aliphatic heterocycles. The van der Waals surface area contributed by atoms with Gasteiger partial charge in [-0.1, -0.05) is 0 Å². The average Bonchev–Trinajstić information content (AvgIpc) is 3.04. The van der Waals surface area contributed by atoms with Crippen LogP contribution in [0.4, 0.5) is 13.2 Å². The number of carbonyl (C=O) groups is 2. The van der Waals surface area contributed by atoms with Crippen LogP contribution in [0.5, 0.6) is 0 Å². The number of hydrogen-bond donors (Lipinski definition) is 0. The fraction of sp³-hybridized carbons (Fsp3) is 0.562. The summed E-state index contributed by atoms with van der Waals surface area (Å²) in [6.45, 7) is 2.52. The zero-order valence-corrected chi connectivity index (χ0v) is 13.4. The van der Waals surface area contributed by atoms with E-state index in [9.17, 15) is 22.8 Å². The van der Waals surface area contributed by atoms with Crippen LogP contribution in [0.25, 0.3) is 0 Å². The summed E-state index contributed by atoms with van der Waals surface area (Å²) in [7, 11) is 0. The van der Waals surface area contributed by atoms with E-state index in [0.29, 0.717) is 30.8 Å². The molecule has 1 aromatic heterocycles. The molecule has 0 saturated carbocycles. The zero-order chi connectivity index (χ0) is 17.7. The highest BCUT2D eigenvalue weighted by molar-refractivity contribution is 5.90. The molecule has 2 heterocycles. The Morgan fingerprint density at radius 2 is 2.00 bits per heavy atom. The van der Waals surface area contributed by atoms with E-state index in [1.165, 1.54) is 4.90 Å². The Labute approximate surface area is 138 Å². The summed E-state index contributed by atoms with van der Waals surface area (Å²) < 4.78 is 38.0. The van der Waals surface area contributed by atoms with Gasteiger partial charge in [0.25, 0.3) is 0 Å². The fourth-order valence-electron chi connectivity index (χ4n) is 2.88. The van der Waals surface area contributed by atoms with Gasteiger partial charge in [-0.15, -0.1) is 0 Å². The third-order valence-corrected chi connectivity index (χ3v) is 4.15. The summed E-state index contributed by atoms with van der Waals surface area (Å²) in [5.41, 5.74) is 0.992. The van der Waals surface area contributed by atoms with Crippen molar-refractivity contribution in [3.8, 4) is 0 Å². The first kappa shape index (κ1) is 18.2. The number of alkyl halides is 3. The SMILES string of the molecule is CCN(CCc1ccncc1)C(=O)C1CCCN1C(=O)C(F)(F)F. The van der Waals surface area contributed by atoms with Gasteiger partial charge in [-0.3, -0.25) is 14.6 Å². The van der Waals surface area contributed by atoms with Crippen molar-refractivity contribution in [3.63, 3.8) is 0 Å². The highest BCUT2D eigenvalue weighted by Gasteiger charge is 2.48. The molecule has 1 atom stereocenters. The predicted octanol–water partition coefficient (Wildman–Crippen LogP) is 2.03. The maximum Gasteiger partial charge on any atom is 0.471 e. The van der Waals surface area contributed by atoms with E-state index in [4.69, 9.17) is 0 Å². The molecule has 0 radical (unpaired) electrons. The molecule has 1 fully saturated rings. The van der Waals surface area contributed by atoms with Gasteiger partial charge in [-0.05, 0) is 43.9 Å². The van der Waals surface area contributed by atoms with Gasteiger partial charge >= 0.3 is 12.1 Å². The van der Waals surface area contributed by atoms with E-state index in [2.05, 4.69) is 4.98 Å². The van der Waals surface area contributed by atoms with Crippen molar-refractivity contribution in [1.29, 1.82) is 0 Å². The number of likely N-dealkylation sites (N-methyl/N-ethyl adjacent to an activating group) is 1. The van der Waals surface area contributed by atoms with Crippen LogP contribution >= 0.6 is 0 Å². The third-order valence-electron chi connectivity index (χ3n) is 4.15. The molecular formula is C16H20F3N3O2. The standard InChI is InChI=1S/C16H20F3N3O2/c1-2-21(11-7-12-5-8-20-9-6-12)14(23)13-4-3-10-22(13)15(24)16(17,18)19/h5-6,8-9,13H,2-4,7,10-11H2,1H3. The van der Waals surface area contributed by atoms with Crippen molar-refractivity contribution in [3.05, 3.63) is 30.1 Å². The van der Waals surface area contributed by atoms with Crippen LogP contribution in [-0.2, 0) is 16.0 Å². The van der Waals surface area contributed by atoms with Crippen molar-refractivity contribution in [1.82, 2.24) is 14.8 Å². The first-order valence-electron chi connectivity index (χ1n) is 7.90. The second-order valence-corrected chi connectivity index (χ2v) is 5.68. The normalized spacial score (nSPS) is 17.8. The van der Waals surface area contributed by atoms with Crippen molar-refractivity contribution in [2.24, 2.45) is 0 Å². The molecule has 1 aliphatic rings. The van der Waals surface area contributed by atoms with E-state index < -0.39 is 24.0 Å². The first-order valence-corrected chi connectivity index (χ1v) is 7.90. The number of rotatable bonds is 5. The van der Waals surface area contributed by atoms with Gasteiger partial charge in [0.1, 0.15) is 6.04 Å². The van der Waals surface area contributed by atoms with E-state index >= 15 is 0 Å². The molecule has 0 aliphatic carbocycles. The van der Waals surface area contributed by atoms with Crippen molar-refractivity contribution >= 4 is 11.8 Å². The molecule has 0 N–H and O–H groups in total. The number of halogens is 3. The summed E-state index contributed by atoms with van der Waals surface area (Å²) in [5.74, 6) is -2.34. The minimum absolute atomic E-state index is 0.0311. The molecule has 24 heavy (non-hydrogen) atoms. The van der Waals surface area contributed by atoms with Crippen LogP contribution in [0.2, 0.25) is 0 Å². The minimum Gasteiger partial charge on any atom is -0.341 e. The summed E-state index contributed by atoms with van der Waals surface area (Å²) in [5, 5.41) is 0. The third kappa shape index (κ3) is 4.24. The van der Waals surface area contributed by atoms with Gasteiger partial charge < -0.3 is 9.80 Å². The smallest absolute Gasteiger partial charge is 0.341 e. The van der Waals surface area contributed by atoms with Crippen molar-refractivity contribution in [2.45, 2.75) is 38.4 Å². The topological polar surface area (TPSA) is 53.5 Å². The summed E-state index contributed by atoms with van der Waals surface area (Å²) in [6, 6.07) is 2.64. The zero-order valence-electron chi connectivity index (χ0n) is 13.4. The van der Waals surface area contributed by atoms with Crippen LogP contribution in [0, 0.1) is 0 Å². The maximum atomic E-state index is 12.7. The Morgan fingerprint density at radius 3 is 2.58 bits per heavy atom. The first-order chi connectivity index (χ1) is 11.3. The number of likely N-dealkylation sites (tertiary alicyclic amines) is 1. The number of amides is 2. The average molecular weight is 343 g/mol. The lowest BCUT2D eigenvalue weighted by atomic mass is 10.1. The number of pyridine rings is 1. The Hall–Kier alpha value is -2.12. The van der Waals surface area contributed by atoms with Gasteiger partial charge in [-0.2, -0.15) is 13.2 Å². The molecule has 2 amide bonds. The summed E-state index contributed by atoms with van der Waals surface area (Å²) in [4.78, 5) is 30.2. The largest absolute Gasteiger partial charge is 0.471 e. The molecule has 1 saturated heterocycles. The van der Waals surface area contributed by atoms with E-state index in [1.807, 2.05) is 12.1 Å². The molecule has 0 spiro atoms. The maximum absolute atomic E-state index is 12.7. The second-order valence-electron chi connectivity index (χ2n) is 5.68. The van der Waals surface area contributed by atoms with Gasteiger partial charge in [0.2, 0.25) is 5.91 Å². The second kappa shape index (κ2) is 7.63. The Morgan fingerprint density at radius 1 is 1.33 bits per heavy atom. The molecular weight excluding hydrogens is 323 g/mol. The molecule has 0 bridgehead atoms. The molecule has 0 aromatic carbocycles. The number of aromatic nitrogens is 1. The van der Waals surface area contributed by atoms with E-state index in [1.54, 1.807) is 19.3 Å². The Bertz CT molecular complexity index is 578. The fourth-order valence-corrected chi connectivity index (χ4v) is 2.88. The van der Waals surface area contributed by atoms with Gasteiger partial charge in [0, 0.05) is 32.0 Å². The summed E-state index contributed by atoms with van der Waals surface area (Å²) in [6.07, 6.45) is -0.395. The van der Waals surface area contributed by atoms with Crippen LogP contribution in [0.3, 0.4) is 0 Å².